The lowest BCUT2D eigenvalue weighted by atomic mass is 10.0. The molecule has 6 nitrogen and oxygen atoms in total. The zero-order chi connectivity index (χ0) is 20.2. The van der Waals surface area contributed by atoms with E-state index in [0.717, 1.165) is 16.8 Å². The Labute approximate surface area is 174 Å². The van der Waals surface area contributed by atoms with Crippen molar-refractivity contribution in [2.24, 2.45) is 5.16 Å². The number of nitrogens with zero attached hydrogens (tertiary/aromatic N) is 3. The van der Waals surface area contributed by atoms with E-state index in [2.05, 4.69) is 5.16 Å². The van der Waals surface area contributed by atoms with Crippen molar-refractivity contribution in [2.75, 3.05) is 26.2 Å². The average Bonchev–Trinajstić information content (AvgIpc) is 3.26. The highest BCUT2D eigenvalue weighted by atomic mass is 35.5. The summed E-state index contributed by atoms with van der Waals surface area (Å²) in [6.07, 6.45) is 0.227. The van der Waals surface area contributed by atoms with Crippen LogP contribution in [-0.2, 0) is 20.8 Å². The third kappa shape index (κ3) is 4.59. The molecular formula is C22H22ClN3O3. The van der Waals surface area contributed by atoms with E-state index < -0.39 is 6.10 Å². The number of hydrogen-bond acceptors (Lipinski definition) is 4. The van der Waals surface area contributed by atoms with Crippen LogP contribution in [0.15, 0.2) is 59.8 Å². The van der Waals surface area contributed by atoms with Crippen LogP contribution in [0.5, 0.6) is 0 Å². The molecule has 2 amide bonds. The van der Waals surface area contributed by atoms with Gasteiger partial charge >= 0.3 is 0 Å². The standard InChI is InChI=1S/C22H22ClN3O3/c23-18-8-6-16(7-9-18)14-21(27)25-10-12-26(13-11-25)22(28)20-15-19(24-29-20)17-4-2-1-3-5-17/h1-9,20H,10-15H2. The van der Waals surface area contributed by atoms with Gasteiger partial charge in [-0.25, -0.2) is 0 Å². The van der Waals surface area contributed by atoms with Gasteiger partial charge in [0, 0.05) is 37.6 Å². The molecule has 2 heterocycles. The van der Waals surface area contributed by atoms with Gasteiger partial charge in [-0.3, -0.25) is 9.59 Å². The second-order valence-electron chi connectivity index (χ2n) is 7.21. The second-order valence-corrected chi connectivity index (χ2v) is 7.65. The monoisotopic (exact) mass is 411 g/mol. The first-order valence-corrected chi connectivity index (χ1v) is 10.1. The Morgan fingerprint density at radius 3 is 2.31 bits per heavy atom. The first-order valence-electron chi connectivity index (χ1n) is 9.69. The van der Waals surface area contributed by atoms with Crippen LogP contribution in [0.3, 0.4) is 0 Å². The van der Waals surface area contributed by atoms with Gasteiger partial charge in [-0.2, -0.15) is 0 Å². The SMILES string of the molecule is O=C(Cc1ccc(Cl)cc1)N1CCN(C(=O)C2CC(c3ccccc3)=NO2)CC1. The zero-order valence-corrected chi connectivity index (χ0v) is 16.7. The molecule has 0 radical (unpaired) electrons. The Kier molecular flexibility index (Phi) is 5.81. The summed E-state index contributed by atoms with van der Waals surface area (Å²) in [6.45, 7) is 2.06. The quantitative estimate of drug-likeness (QED) is 0.777. The normalized spacial score (nSPS) is 18.9. The van der Waals surface area contributed by atoms with Gasteiger partial charge in [0.1, 0.15) is 0 Å². The van der Waals surface area contributed by atoms with Gasteiger partial charge in [-0.1, -0.05) is 59.2 Å². The van der Waals surface area contributed by atoms with Crippen LogP contribution in [0, 0.1) is 0 Å². The molecule has 4 rings (SSSR count). The maximum absolute atomic E-state index is 12.8. The molecule has 2 aliphatic rings. The van der Waals surface area contributed by atoms with Gasteiger partial charge in [0.25, 0.3) is 5.91 Å². The molecule has 150 valence electrons. The van der Waals surface area contributed by atoms with Crippen molar-refractivity contribution in [3.63, 3.8) is 0 Å². The molecule has 0 N–H and O–H groups in total. The van der Waals surface area contributed by atoms with Crippen LogP contribution in [0.4, 0.5) is 0 Å². The van der Waals surface area contributed by atoms with Crippen molar-refractivity contribution in [1.82, 2.24) is 9.80 Å². The Morgan fingerprint density at radius 2 is 1.62 bits per heavy atom. The predicted molar refractivity (Wildman–Crippen MR) is 111 cm³/mol. The third-order valence-corrected chi connectivity index (χ3v) is 5.52. The van der Waals surface area contributed by atoms with Gasteiger partial charge in [-0.15, -0.1) is 0 Å². The third-order valence-electron chi connectivity index (χ3n) is 5.26. The summed E-state index contributed by atoms with van der Waals surface area (Å²) in [4.78, 5) is 34.3. The van der Waals surface area contributed by atoms with E-state index in [0.29, 0.717) is 44.0 Å². The maximum atomic E-state index is 12.8. The highest BCUT2D eigenvalue weighted by molar-refractivity contribution is 6.30. The number of benzene rings is 2. The molecule has 1 atom stereocenters. The van der Waals surface area contributed by atoms with Crippen molar-refractivity contribution in [3.05, 3.63) is 70.7 Å². The minimum Gasteiger partial charge on any atom is -0.382 e. The minimum atomic E-state index is -0.582. The maximum Gasteiger partial charge on any atom is 0.267 e. The fraction of sp³-hybridized carbons (Fsp3) is 0.318. The summed E-state index contributed by atoms with van der Waals surface area (Å²) in [5.41, 5.74) is 2.70. The highest BCUT2D eigenvalue weighted by Crippen LogP contribution is 2.19. The van der Waals surface area contributed by atoms with E-state index in [-0.39, 0.29) is 11.8 Å². The summed E-state index contributed by atoms with van der Waals surface area (Å²) in [5.74, 6) is -0.00397. The fourth-order valence-corrected chi connectivity index (χ4v) is 3.71. The molecule has 0 saturated carbocycles. The lowest BCUT2D eigenvalue weighted by molar-refractivity contribution is -0.146. The predicted octanol–water partition coefficient (Wildman–Crippen LogP) is 2.75. The van der Waals surface area contributed by atoms with Crippen molar-refractivity contribution < 1.29 is 14.4 Å². The Morgan fingerprint density at radius 1 is 0.966 bits per heavy atom. The van der Waals surface area contributed by atoms with Gasteiger partial charge in [0.2, 0.25) is 12.0 Å². The number of piperazine rings is 1. The molecule has 1 fully saturated rings. The largest absolute Gasteiger partial charge is 0.382 e. The number of carbonyl (C=O) groups is 2. The van der Waals surface area contributed by atoms with Crippen molar-refractivity contribution in [3.8, 4) is 0 Å². The fourth-order valence-electron chi connectivity index (χ4n) is 3.58. The van der Waals surface area contributed by atoms with Crippen LogP contribution in [-0.4, -0.2) is 59.6 Å². The number of oxime groups is 1. The molecule has 0 aliphatic carbocycles. The molecule has 2 aromatic carbocycles. The van der Waals surface area contributed by atoms with Gasteiger partial charge in [0.15, 0.2) is 0 Å². The Bertz CT molecular complexity index is 907. The Hall–Kier alpha value is -2.86. The zero-order valence-electron chi connectivity index (χ0n) is 16.0. The lowest BCUT2D eigenvalue weighted by Gasteiger charge is -2.35. The van der Waals surface area contributed by atoms with Crippen LogP contribution < -0.4 is 0 Å². The number of halogens is 1. The molecule has 0 bridgehead atoms. The van der Waals surface area contributed by atoms with E-state index in [1.165, 1.54) is 0 Å². The van der Waals surface area contributed by atoms with E-state index in [4.69, 9.17) is 16.4 Å². The van der Waals surface area contributed by atoms with Crippen molar-refractivity contribution in [1.29, 1.82) is 0 Å². The minimum absolute atomic E-state index is 0.0613. The molecule has 2 aromatic rings. The summed E-state index contributed by atoms with van der Waals surface area (Å²) in [5, 5.41) is 4.75. The van der Waals surface area contributed by atoms with Gasteiger partial charge in [-0.05, 0) is 23.3 Å². The van der Waals surface area contributed by atoms with Crippen molar-refractivity contribution >= 4 is 29.1 Å². The highest BCUT2D eigenvalue weighted by Gasteiger charge is 2.34. The topological polar surface area (TPSA) is 62.2 Å². The lowest BCUT2D eigenvalue weighted by Crippen LogP contribution is -2.53. The summed E-state index contributed by atoms with van der Waals surface area (Å²) < 4.78 is 0. The second kappa shape index (κ2) is 8.66. The van der Waals surface area contributed by atoms with Gasteiger partial charge < -0.3 is 14.6 Å². The average molecular weight is 412 g/mol. The van der Waals surface area contributed by atoms with Crippen LogP contribution in [0.1, 0.15) is 17.5 Å². The molecule has 1 unspecified atom stereocenters. The summed E-state index contributed by atoms with van der Waals surface area (Å²) >= 11 is 5.89. The van der Waals surface area contributed by atoms with E-state index >= 15 is 0 Å². The number of amides is 2. The van der Waals surface area contributed by atoms with Crippen molar-refractivity contribution in [2.45, 2.75) is 18.9 Å². The van der Waals surface area contributed by atoms with E-state index in [1.54, 1.807) is 21.9 Å². The number of hydrogen-bond donors (Lipinski definition) is 0. The summed E-state index contributed by atoms with van der Waals surface area (Å²) in [7, 11) is 0. The first-order chi connectivity index (χ1) is 14.1. The smallest absolute Gasteiger partial charge is 0.267 e. The van der Waals surface area contributed by atoms with Crippen LogP contribution in [0.2, 0.25) is 5.02 Å². The molecule has 29 heavy (non-hydrogen) atoms. The molecular weight excluding hydrogens is 390 g/mol. The number of rotatable bonds is 4. The molecule has 2 aliphatic heterocycles. The first kappa shape index (κ1) is 19.5. The molecule has 0 spiro atoms. The van der Waals surface area contributed by atoms with Crippen LogP contribution in [0.25, 0.3) is 0 Å². The van der Waals surface area contributed by atoms with E-state index in [1.807, 2.05) is 42.5 Å². The van der Waals surface area contributed by atoms with Gasteiger partial charge in [0.05, 0.1) is 12.1 Å². The molecule has 7 heteroatoms. The summed E-state index contributed by atoms with van der Waals surface area (Å²) in [6, 6.07) is 17.0. The molecule has 1 saturated heterocycles. The molecule has 0 aromatic heterocycles. The van der Waals surface area contributed by atoms with E-state index in [9.17, 15) is 9.59 Å². The Balaban J connectivity index is 1.27. The number of carbonyl (C=O) groups excluding carboxylic acids is 2. The van der Waals surface area contributed by atoms with Crippen LogP contribution >= 0.6 is 11.6 Å².